The number of halogens is 3. The molecule has 3 amide bonds. The molecular weight excluding hydrogens is 764 g/mol. The molecule has 0 spiro atoms. The van der Waals surface area contributed by atoms with Crippen molar-refractivity contribution in [3.8, 4) is 22.4 Å². The number of imide groups is 1. The Labute approximate surface area is 339 Å². The lowest BCUT2D eigenvalue weighted by Gasteiger charge is -2.44. The number of hydrogen-bond acceptors (Lipinski definition) is 10. The van der Waals surface area contributed by atoms with Crippen molar-refractivity contribution in [2.45, 2.75) is 88.1 Å². The van der Waals surface area contributed by atoms with E-state index in [9.17, 15) is 23.6 Å². The molecule has 8 rings (SSSR count). The molecule has 3 atom stereocenters. The first-order valence-corrected chi connectivity index (χ1v) is 20.5. The van der Waals surface area contributed by atoms with Crippen LogP contribution in [0, 0.1) is 17.6 Å². The number of benzene rings is 2. The molecule has 5 N–H and O–H groups in total. The van der Waals surface area contributed by atoms with Gasteiger partial charge >= 0.3 is 0 Å². The Morgan fingerprint density at radius 3 is 2.34 bits per heavy atom. The van der Waals surface area contributed by atoms with Crippen molar-refractivity contribution < 1.29 is 27.6 Å². The molecule has 0 radical (unpaired) electrons. The van der Waals surface area contributed by atoms with E-state index in [1.54, 1.807) is 59.6 Å². The van der Waals surface area contributed by atoms with E-state index in [0.29, 0.717) is 79.3 Å². The van der Waals surface area contributed by atoms with Gasteiger partial charge in [-0.05, 0) is 106 Å². The number of nitrogens with zero attached hydrogens (tertiary/aromatic N) is 4. The number of alkyl halides is 1. The van der Waals surface area contributed by atoms with Gasteiger partial charge < -0.3 is 25.8 Å². The highest BCUT2D eigenvalue weighted by atomic mass is 19.1. The summed E-state index contributed by atoms with van der Waals surface area (Å²) in [5.74, 6) is -1.64. The van der Waals surface area contributed by atoms with Gasteiger partial charge in [-0.3, -0.25) is 29.4 Å². The maximum atomic E-state index is 15.7. The summed E-state index contributed by atoms with van der Waals surface area (Å²) in [6.45, 7) is 1.77. The van der Waals surface area contributed by atoms with E-state index in [4.69, 9.17) is 0 Å². The van der Waals surface area contributed by atoms with E-state index in [0.717, 1.165) is 31.9 Å². The number of rotatable bonds is 10. The van der Waals surface area contributed by atoms with Crippen LogP contribution in [0.4, 0.5) is 30.5 Å². The van der Waals surface area contributed by atoms with Gasteiger partial charge in [0.05, 0.1) is 18.4 Å². The first-order chi connectivity index (χ1) is 28.6. The van der Waals surface area contributed by atoms with Gasteiger partial charge in [0, 0.05) is 60.0 Å². The van der Waals surface area contributed by atoms with E-state index in [2.05, 4.69) is 41.1 Å². The van der Waals surface area contributed by atoms with Crippen LogP contribution in [0.25, 0.3) is 22.4 Å². The molecule has 2 aromatic heterocycles. The van der Waals surface area contributed by atoms with Crippen LogP contribution in [-0.2, 0) is 14.4 Å². The van der Waals surface area contributed by atoms with Crippen molar-refractivity contribution in [3.05, 3.63) is 89.0 Å². The molecule has 13 nitrogen and oxygen atoms in total. The number of aromatic nitrogens is 3. The predicted molar refractivity (Wildman–Crippen MR) is 217 cm³/mol. The van der Waals surface area contributed by atoms with Crippen LogP contribution in [0.2, 0.25) is 0 Å². The van der Waals surface area contributed by atoms with Gasteiger partial charge in [-0.1, -0.05) is 18.2 Å². The molecule has 310 valence electrons. The highest BCUT2D eigenvalue weighted by Gasteiger charge is 2.38. The fraction of sp³-hybridized carbons (Fsp3) is 0.442. The van der Waals surface area contributed by atoms with Crippen LogP contribution in [-0.4, -0.2) is 94.1 Å². The lowest BCUT2D eigenvalue weighted by Crippen LogP contribution is -2.55. The van der Waals surface area contributed by atoms with Gasteiger partial charge in [0.2, 0.25) is 23.7 Å². The fourth-order valence-electron chi connectivity index (χ4n) is 8.91. The van der Waals surface area contributed by atoms with Gasteiger partial charge in [0.25, 0.3) is 5.56 Å². The molecule has 4 aliphatic rings. The standard InChI is InChI=1S/C43H48F3N9O4/c44-32-22-30(49-35-11-13-38(56)52-42(35)59)10-12-36(32)55-20-16-37(34(46)24-55)54-18-14-25(15-19-54)40(57)50-28-6-8-29(9-7-28)51-43-48-23-33(45)39(53-43)27-4-1-3-26(21-27)31-5-2-17-47-41(31)58/h1-5,10,12,17,21-23,25,28-29,34-35,37,49H,6-9,11,13-16,18-20,24H2,(H,47,58)(H,50,57)(H,48,51,53)(H,52,56,59). The average Bonchev–Trinajstić information content (AvgIpc) is 3.23. The molecule has 4 fully saturated rings. The Hall–Kier alpha value is -5.77. The number of hydrogen-bond donors (Lipinski definition) is 5. The van der Waals surface area contributed by atoms with Crippen molar-refractivity contribution in [1.29, 1.82) is 0 Å². The highest BCUT2D eigenvalue weighted by molar-refractivity contribution is 6.01. The maximum absolute atomic E-state index is 15.7. The molecule has 1 aliphatic carbocycles. The SMILES string of the molecule is O=C1CCC(Nc2ccc(N3CCC(N4CCC(C(=O)NC5CCC(Nc6ncc(F)c(-c7cccc(-c8ccc[nH]c8=O)c7)n6)CC5)CC4)C(F)C3)c(F)c2)C(=O)N1. The molecule has 1 saturated carbocycles. The van der Waals surface area contributed by atoms with Crippen molar-refractivity contribution in [3.63, 3.8) is 0 Å². The zero-order valence-electron chi connectivity index (χ0n) is 32.6. The quantitative estimate of drug-likeness (QED) is 0.135. The Bertz CT molecular complexity index is 2240. The minimum atomic E-state index is -1.19. The van der Waals surface area contributed by atoms with E-state index in [-0.39, 0.29) is 60.1 Å². The third-order valence-corrected chi connectivity index (χ3v) is 12.2. The van der Waals surface area contributed by atoms with Crippen LogP contribution >= 0.6 is 0 Å². The van der Waals surface area contributed by atoms with Crippen molar-refractivity contribution in [2.24, 2.45) is 5.92 Å². The van der Waals surface area contributed by atoms with Gasteiger partial charge in [0.1, 0.15) is 23.7 Å². The first-order valence-electron chi connectivity index (χ1n) is 20.5. The van der Waals surface area contributed by atoms with E-state index >= 15 is 8.78 Å². The molecule has 59 heavy (non-hydrogen) atoms. The second kappa shape index (κ2) is 17.6. The topological polar surface area (TPSA) is 164 Å². The summed E-state index contributed by atoms with van der Waals surface area (Å²) in [4.78, 5) is 64.4. The number of amides is 3. The summed E-state index contributed by atoms with van der Waals surface area (Å²) in [6.07, 6.45) is 6.94. The number of anilines is 3. The van der Waals surface area contributed by atoms with E-state index < -0.39 is 29.8 Å². The summed E-state index contributed by atoms with van der Waals surface area (Å²) in [6, 6.07) is 14.2. The van der Waals surface area contributed by atoms with E-state index in [1.165, 1.54) is 6.07 Å². The molecule has 3 unspecified atom stereocenters. The molecule has 0 bridgehead atoms. The van der Waals surface area contributed by atoms with Gasteiger partial charge in [-0.15, -0.1) is 0 Å². The summed E-state index contributed by atoms with van der Waals surface area (Å²) in [5.41, 5.74) is 2.27. The molecule has 16 heteroatoms. The smallest absolute Gasteiger partial charge is 0.255 e. The van der Waals surface area contributed by atoms with Crippen molar-refractivity contribution in [1.82, 2.24) is 30.5 Å². The molecule has 2 aromatic carbocycles. The van der Waals surface area contributed by atoms with Crippen LogP contribution < -0.4 is 31.7 Å². The summed E-state index contributed by atoms with van der Waals surface area (Å²) >= 11 is 0. The molecule has 3 aliphatic heterocycles. The molecule has 5 heterocycles. The molecule has 3 saturated heterocycles. The third-order valence-electron chi connectivity index (χ3n) is 12.2. The Morgan fingerprint density at radius 2 is 1.59 bits per heavy atom. The van der Waals surface area contributed by atoms with Crippen molar-refractivity contribution in [2.75, 3.05) is 41.7 Å². The number of pyridine rings is 1. The number of carbonyl (C=O) groups is 3. The fourth-order valence-corrected chi connectivity index (χ4v) is 8.91. The van der Waals surface area contributed by atoms with Crippen LogP contribution in [0.1, 0.15) is 57.8 Å². The summed E-state index contributed by atoms with van der Waals surface area (Å²) in [5, 5.41) is 11.9. The third kappa shape index (κ3) is 9.27. The van der Waals surface area contributed by atoms with Crippen LogP contribution in [0.15, 0.2) is 71.8 Å². The lowest BCUT2D eigenvalue weighted by molar-refractivity contribution is -0.133. The monoisotopic (exact) mass is 811 g/mol. The Balaban J connectivity index is 0.772. The number of nitrogens with one attached hydrogen (secondary N) is 5. The number of aromatic amines is 1. The second-order valence-corrected chi connectivity index (χ2v) is 16.0. The van der Waals surface area contributed by atoms with Gasteiger partial charge in [-0.25, -0.2) is 23.1 Å². The minimum absolute atomic E-state index is 0.0323. The number of carbonyl (C=O) groups excluding carboxylic acids is 3. The normalized spacial score (nSPS) is 24.3. The predicted octanol–water partition coefficient (Wildman–Crippen LogP) is 5.16. The second-order valence-electron chi connectivity index (χ2n) is 16.0. The van der Waals surface area contributed by atoms with Crippen LogP contribution in [0.5, 0.6) is 0 Å². The lowest BCUT2D eigenvalue weighted by atomic mass is 9.89. The first kappa shape index (κ1) is 40.0. The van der Waals surface area contributed by atoms with Gasteiger partial charge in [0.15, 0.2) is 5.82 Å². The highest BCUT2D eigenvalue weighted by Crippen LogP contribution is 2.32. The minimum Gasteiger partial charge on any atom is -0.374 e. The largest absolute Gasteiger partial charge is 0.374 e. The zero-order valence-corrected chi connectivity index (χ0v) is 32.6. The number of piperidine rings is 3. The molecular formula is C43H48F3N9O4. The number of likely N-dealkylation sites (tertiary alicyclic amines) is 1. The average molecular weight is 812 g/mol. The Kier molecular flexibility index (Phi) is 11.9. The zero-order chi connectivity index (χ0) is 41.0. The number of H-pyrrole nitrogens is 1. The Morgan fingerprint density at radius 1 is 0.814 bits per heavy atom. The van der Waals surface area contributed by atoms with Crippen LogP contribution in [0.3, 0.4) is 0 Å². The maximum Gasteiger partial charge on any atom is 0.255 e. The van der Waals surface area contributed by atoms with E-state index in [1.807, 2.05) is 0 Å². The summed E-state index contributed by atoms with van der Waals surface area (Å²) < 4.78 is 45.9. The molecule has 4 aromatic rings. The van der Waals surface area contributed by atoms with Crippen molar-refractivity contribution >= 4 is 35.0 Å². The summed E-state index contributed by atoms with van der Waals surface area (Å²) in [7, 11) is 0. The van der Waals surface area contributed by atoms with Gasteiger partial charge in [-0.2, -0.15) is 0 Å².